The molecule has 1 heterocycles. The molecule has 482 valence electrons. The van der Waals surface area contributed by atoms with Gasteiger partial charge in [0.25, 0.3) is 29.5 Å². The van der Waals surface area contributed by atoms with Crippen molar-refractivity contribution in [2.24, 2.45) is 0 Å². The summed E-state index contributed by atoms with van der Waals surface area (Å²) in [5.41, 5.74) is 4.79. The Hall–Kier alpha value is -3.15. The van der Waals surface area contributed by atoms with E-state index in [4.69, 9.17) is 24.9 Å². The Kier molecular flexibility index (Phi) is 61.4. The topological polar surface area (TPSA) is 475 Å². The zero-order valence-electron chi connectivity index (χ0n) is 47.2. The number of rotatable bonds is 21. The van der Waals surface area contributed by atoms with Gasteiger partial charge in [0, 0.05) is 93.3 Å². The molecule has 0 saturated carbocycles. The molecule has 8 unspecified atom stereocenters. The fourth-order valence-corrected chi connectivity index (χ4v) is 7.24. The van der Waals surface area contributed by atoms with Crippen LogP contribution in [0, 0.1) is 0 Å². The highest BCUT2D eigenvalue weighted by Gasteiger charge is 2.29. The van der Waals surface area contributed by atoms with Gasteiger partial charge in [-0.1, -0.05) is 13.0 Å². The molecule has 0 bridgehead atoms. The fourth-order valence-electron chi connectivity index (χ4n) is 3.81. The first-order chi connectivity index (χ1) is 36.4. The lowest BCUT2D eigenvalue weighted by molar-refractivity contribution is -0.152. The number of aromatic nitrogens is 1. The number of aliphatic carboxylic acids is 1. The van der Waals surface area contributed by atoms with Crippen LogP contribution in [-0.4, -0.2) is 228 Å². The van der Waals surface area contributed by atoms with E-state index >= 15 is 0 Å². The van der Waals surface area contributed by atoms with Crippen molar-refractivity contribution in [2.45, 2.75) is 91.1 Å². The van der Waals surface area contributed by atoms with Gasteiger partial charge in [0.1, 0.15) is 12.1 Å². The molecule has 0 fully saturated rings. The molecular formula is C36H88ClN12O23P3S5. The van der Waals surface area contributed by atoms with E-state index in [1.54, 1.807) is 44.4 Å². The molecule has 0 radical (unpaired) electrons. The number of hydroxylamine groups is 9. The van der Waals surface area contributed by atoms with Crippen molar-refractivity contribution in [3.63, 3.8) is 0 Å². The number of carbonyl (C=O) groups excluding carboxylic acids is 5. The number of carbonyl (C=O) groups is 6. The molecule has 0 aliphatic rings. The summed E-state index contributed by atoms with van der Waals surface area (Å²) in [4.78, 5) is 68.3. The third-order valence-corrected chi connectivity index (χ3v) is 13.3. The molecule has 10 N–H and O–H groups in total. The number of carboxylic acids is 1. The molecule has 0 aromatic carbocycles. The Bertz CT molecular complexity index is 2330. The normalized spacial score (nSPS) is 12.4. The minimum atomic E-state index is -3.58. The fraction of sp³-hybridized carbons (Fsp3) is 0.694. The average Bonchev–Trinajstić information content (AvgIpc) is 3.38. The Morgan fingerprint density at radius 3 is 1.30 bits per heavy atom. The van der Waals surface area contributed by atoms with Crippen molar-refractivity contribution < 1.29 is 110 Å². The maximum absolute atomic E-state index is 11.6. The van der Waals surface area contributed by atoms with Crippen LogP contribution in [0.2, 0.25) is 0 Å². The van der Waals surface area contributed by atoms with Crippen molar-refractivity contribution in [3.8, 4) is 0 Å². The first-order valence-corrected chi connectivity index (χ1v) is 31.0. The number of carboxylic acid groups (broad SMARTS) is 1. The first kappa shape index (κ1) is 93.3. The zero-order chi connectivity index (χ0) is 65.5. The second kappa shape index (κ2) is 52.6. The summed E-state index contributed by atoms with van der Waals surface area (Å²) < 4.78 is 119. The Balaban J connectivity index is -0.0000000815. The summed E-state index contributed by atoms with van der Waals surface area (Å²) in [6.07, 6.45) is 8.00. The molecule has 5 amide bonds. The number of pyridine rings is 1. The number of sulfonamides is 4. The molecule has 80 heavy (non-hydrogen) atoms. The van der Waals surface area contributed by atoms with Gasteiger partial charge >= 0.3 is 5.97 Å². The Morgan fingerprint density at radius 1 is 0.688 bits per heavy atom. The van der Waals surface area contributed by atoms with Crippen molar-refractivity contribution in [1.29, 1.82) is 0 Å². The standard InChI is InChI=1S/C10H15N3O4S.C5H13N2O4PS.C5H12N2O4S.C5H13N2O2P.C4H10N2O4S.C4H8O2.C2H8NOP.CH3ClO.OS.3H2/c1-8(10(14)12-15)13(18(2,16)17)7-9-4-3-5-11-6-9;1-4(6-13(3,9)10)5(8)7(2)11-12;1-4(5(8)6-9)7(2)12(3,10)11;1-4(6-2)5(8)7(3)9-10;1-3(4(7)5-8)6-11(2,9)10;1-2-3-4(5)6;1-3(2)4-5;1-3-2;1-2;;;/h3-6,8,15H,7H2,1-2H3,(H,12,14);4,6H,12H2,1-3H3;4,9H,1-3H3,(H,6,8);4,6H,10H2,1-3H3;3,6,8H,1-2H3,(H,5,7);2-3H2,1H3,(H,5,6);5H2,1-2H3;1H3;;3*1H/i;;;;;;;;;3*1+2. The van der Waals surface area contributed by atoms with E-state index < -0.39 is 93.9 Å². The van der Waals surface area contributed by atoms with E-state index in [9.17, 15) is 62.4 Å². The van der Waals surface area contributed by atoms with Crippen LogP contribution in [0.4, 0.5) is 0 Å². The first-order valence-electron chi connectivity index (χ1n) is 21.5. The van der Waals surface area contributed by atoms with Crippen LogP contribution in [-0.2, 0) is 106 Å². The van der Waals surface area contributed by atoms with E-state index in [2.05, 4.69) is 67.1 Å². The third kappa shape index (κ3) is 58.1. The molecule has 44 heteroatoms. The van der Waals surface area contributed by atoms with Crippen LogP contribution in [0.5, 0.6) is 0 Å². The highest BCUT2D eigenvalue weighted by molar-refractivity contribution is 7.89. The number of hydrogen-bond donors (Lipinski definition) is 10. The molecule has 8 atom stereocenters. The van der Waals surface area contributed by atoms with Crippen LogP contribution in [0.1, 0.15) is 64.2 Å². The van der Waals surface area contributed by atoms with Crippen molar-refractivity contribution in [1.82, 2.24) is 60.0 Å². The van der Waals surface area contributed by atoms with Gasteiger partial charge in [-0.15, -0.1) is 0 Å². The monoisotopic (exact) mass is 1350 g/mol. The van der Waals surface area contributed by atoms with Gasteiger partial charge in [0.2, 0.25) is 40.1 Å². The van der Waals surface area contributed by atoms with Gasteiger partial charge in [-0.3, -0.25) is 67.5 Å². The van der Waals surface area contributed by atoms with Crippen LogP contribution in [0.25, 0.3) is 0 Å². The summed E-state index contributed by atoms with van der Waals surface area (Å²) in [7, 11) is 3.20. The second-order valence-electron chi connectivity index (χ2n) is 15.1. The summed E-state index contributed by atoms with van der Waals surface area (Å²) in [6.45, 7) is 9.13. The molecule has 1 rings (SSSR count). The van der Waals surface area contributed by atoms with Gasteiger partial charge in [-0.2, -0.15) is 17.9 Å². The SMILES string of the molecule is CC(C(=O)NO)N(C)S(C)(=O)=O.CC(C(=O)NO)N(Cc1cccnc1)S(C)(=O)=O.CC(NS(C)(=O)=O)C(=O)N(C)OP.CC(NS(C)(=O)=O)C(=O)NO.CCCC(=O)O.CN(C)OP.CNC(C)C(=O)N(C)OP.COCl.O=S.[3HH].[3HH].[3HH]. The van der Waals surface area contributed by atoms with Crippen LogP contribution in [0.15, 0.2) is 24.5 Å². The molecule has 0 aliphatic heterocycles. The number of likely N-dealkylation sites (N-methyl/N-ethyl adjacent to an activating group) is 4. The summed E-state index contributed by atoms with van der Waals surface area (Å²) in [5.74, 6) is -3.63. The molecule has 35 nitrogen and oxygen atoms in total. The number of hydrogen-bond acceptors (Lipinski definition) is 26. The molecule has 0 saturated heterocycles. The predicted octanol–water partition coefficient (Wildman–Crippen LogP) is -1.85. The van der Waals surface area contributed by atoms with E-state index in [0.29, 0.717) is 12.0 Å². The number of nitrogens with zero attached hydrogens (tertiary/aromatic N) is 6. The van der Waals surface area contributed by atoms with Crippen LogP contribution >= 0.6 is 40.3 Å². The quantitative estimate of drug-likeness (QED) is 0.0367. The Labute approximate surface area is 491 Å². The van der Waals surface area contributed by atoms with E-state index in [1.165, 1.54) is 71.5 Å². The minimum Gasteiger partial charge on any atom is -0.481 e. The third-order valence-electron chi connectivity index (χ3n) is 8.04. The average molecular weight is 1350 g/mol. The van der Waals surface area contributed by atoms with Gasteiger partial charge in [-0.25, -0.2) is 69.7 Å². The van der Waals surface area contributed by atoms with E-state index in [0.717, 1.165) is 50.2 Å². The predicted molar refractivity (Wildman–Crippen MR) is 311 cm³/mol. The Morgan fingerprint density at radius 2 is 1.05 bits per heavy atom. The van der Waals surface area contributed by atoms with E-state index in [-0.39, 0.29) is 22.8 Å². The lowest BCUT2D eigenvalue weighted by atomic mass is 10.2. The molecule has 0 spiro atoms. The van der Waals surface area contributed by atoms with E-state index in [1.807, 2.05) is 44.7 Å². The minimum absolute atomic E-state index is 0. The maximum atomic E-state index is 11.6. The molecule has 1 aromatic heterocycles. The van der Waals surface area contributed by atoms with Gasteiger partial charge in [0.15, 0.2) is 12.5 Å². The largest absolute Gasteiger partial charge is 0.481 e. The lowest BCUT2D eigenvalue weighted by Crippen LogP contribution is -2.46. The zero-order valence-corrected chi connectivity index (χ0v) is 55.5. The van der Waals surface area contributed by atoms with Crippen molar-refractivity contribution in [3.05, 3.63) is 30.1 Å². The summed E-state index contributed by atoms with van der Waals surface area (Å²) >= 11 is 7.33. The second-order valence-corrected chi connectivity index (χ2v) is 23.5. The highest BCUT2D eigenvalue weighted by Crippen LogP contribution is 2.12. The molecule has 0 aliphatic carbocycles. The lowest BCUT2D eigenvalue weighted by Gasteiger charge is -2.25. The number of amides is 5. The van der Waals surface area contributed by atoms with Crippen LogP contribution in [0.3, 0.4) is 0 Å². The van der Waals surface area contributed by atoms with Crippen molar-refractivity contribution >= 4 is 128 Å². The highest BCUT2D eigenvalue weighted by atomic mass is 35.5. The number of nitrogens with one attached hydrogen (secondary N) is 6. The van der Waals surface area contributed by atoms with Gasteiger partial charge < -0.3 is 10.4 Å². The van der Waals surface area contributed by atoms with Gasteiger partial charge in [0.05, 0.1) is 62.1 Å². The molecule has 1 aromatic rings. The number of halogens is 1. The maximum Gasteiger partial charge on any atom is 0.303 e. The van der Waals surface area contributed by atoms with Crippen molar-refractivity contribution in [2.75, 3.05) is 74.4 Å². The van der Waals surface area contributed by atoms with Crippen LogP contribution < -0.4 is 31.2 Å². The summed E-state index contributed by atoms with van der Waals surface area (Å²) in [5, 5.41) is 39.2. The smallest absolute Gasteiger partial charge is 0.303 e. The summed E-state index contributed by atoms with van der Waals surface area (Å²) in [6, 6.07) is -0.544. The molecular weight excluding hydrogens is 1260 g/mol. The van der Waals surface area contributed by atoms with Gasteiger partial charge in [-0.05, 0) is 59.7 Å².